The van der Waals surface area contributed by atoms with Crippen molar-refractivity contribution in [1.29, 1.82) is 5.26 Å². The minimum Gasteiger partial charge on any atom is -0.436 e. The van der Waals surface area contributed by atoms with Crippen molar-refractivity contribution in [3.8, 4) is 28.8 Å². The van der Waals surface area contributed by atoms with Crippen LogP contribution in [0.2, 0.25) is 0 Å². The average molecular weight is 383 g/mol. The molecule has 0 aliphatic heterocycles. The van der Waals surface area contributed by atoms with Crippen LogP contribution in [0.4, 0.5) is 10.1 Å². The number of oxazole rings is 1. The standard InChI is InChI=1S/C23H14FN3O2/c24-20-8-4-3-7-19(20)21-14-26-23(29-21)18-6-2-1-5-17(18)22(28)27-16-11-9-15(13-25)10-12-16/h1-12,14H,(H,27,28). The summed E-state index contributed by atoms with van der Waals surface area (Å²) in [6.07, 6.45) is 1.43. The Kier molecular flexibility index (Phi) is 4.87. The second-order valence-electron chi connectivity index (χ2n) is 6.20. The number of amides is 1. The molecule has 5 nitrogen and oxygen atoms in total. The summed E-state index contributed by atoms with van der Waals surface area (Å²) in [5.74, 6) is -0.271. The number of halogens is 1. The number of benzene rings is 3. The summed E-state index contributed by atoms with van der Waals surface area (Å²) in [4.78, 5) is 17.0. The van der Waals surface area contributed by atoms with Crippen LogP contribution in [0.25, 0.3) is 22.8 Å². The Morgan fingerprint density at radius 1 is 0.966 bits per heavy atom. The summed E-state index contributed by atoms with van der Waals surface area (Å²) in [5.41, 5.74) is 2.21. The smallest absolute Gasteiger partial charge is 0.256 e. The fraction of sp³-hybridized carbons (Fsp3) is 0. The number of aromatic nitrogens is 1. The van der Waals surface area contributed by atoms with Gasteiger partial charge < -0.3 is 9.73 Å². The zero-order chi connectivity index (χ0) is 20.2. The van der Waals surface area contributed by atoms with Crippen LogP contribution in [-0.4, -0.2) is 10.9 Å². The molecule has 0 bridgehead atoms. The Morgan fingerprint density at radius 3 is 2.38 bits per heavy atom. The highest BCUT2D eigenvalue weighted by Crippen LogP contribution is 2.29. The monoisotopic (exact) mass is 383 g/mol. The van der Waals surface area contributed by atoms with Gasteiger partial charge in [-0.2, -0.15) is 5.26 Å². The van der Waals surface area contributed by atoms with Gasteiger partial charge in [0.2, 0.25) is 5.89 Å². The van der Waals surface area contributed by atoms with E-state index in [1.165, 1.54) is 12.3 Å². The molecule has 0 saturated heterocycles. The summed E-state index contributed by atoms with van der Waals surface area (Å²) >= 11 is 0. The molecule has 29 heavy (non-hydrogen) atoms. The maximum atomic E-state index is 14.0. The molecule has 0 spiro atoms. The molecular formula is C23H14FN3O2. The largest absolute Gasteiger partial charge is 0.436 e. The second-order valence-corrected chi connectivity index (χ2v) is 6.20. The number of carbonyl (C=O) groups excluding carboxylic acids is 1. The fourth-order valence-electron chi connectivity index (χ4n) is 2.88. The Balaban J connectivity index is 1.64. The van der Waals surface area contributed by atoms with Gasteiger partial charge in [-0.3, -0.25) is 4.79 Å². The van der Waals surface area contributed by atoms with Gasteiger partial charge in [-0.25, -0.2) is 9.37 Å². The van der Waals surface area contributed by atoms with E-state index in [9.17, 15) is 9.18 Å². The van der Waals surface area contributed by atoms with Crippen molar-refractivity contribution in [2.75, 3.05) is 5.32 Å². The highest BCUT2D eigenvalue weighted by atomic mass is 19.1. The van der Waals surface area contributed by atoms with Crippen molar-refractivity contribution < 1.29 is 13.6 Å². The van der Waals surface area contributed by atoms with Crippen molar-refractivity contribution in [3.05, 3.63) is 95.9 Å². The second kappa shape index (κ2) is 7.79. The fourth-order valence-corrected chi connectivity index (χ4v) is 2.88. The maximum absolute atomic E-state index is 14.0. The molecule has 0 aliphatic rings. The molecule has 0 unspecified atom stereocenters. The molecule has 0 fully saturated rings. The van der Waals surface area contributed by atoms with Gasteiger partial charge in [0.25, 0.3) is 5.91 Å². The van der Waals surface area contributed by atoms with E-state index in [2.05, 4.69) is 10.3 Å². The molecule has 3 aromatic carbocycles. The Hall–Kier alpha value is -4.24. The molecule has 1 N–H and O–H groups in total. The van der Waals surface area contributed by atoms with Crippen molar-refractivity contribution in [3.63, 3.8) is 0 Å². The van der Waals surface area contributed by atoms with Crippen LogP contribution in [-0.2, 0) is 0 Å². The van der Waals surface area contributed by atoms with E-state index in [1.54, 1.807) is 66.7 Å². The van der Waals surface area contributed by atoms with Gasteiger partial charge in [-0.05, 0) is 48.5 Å². The third kappa shape index (κ3) is 3.75. The molecule has 4 aromatic rings. The first-order chi connectivity index (χ1) is 14.2. The van der Waals surface area contributed by atoms with Crippen LogP contribution in [0.15, 0.2) is 83.4 Å². The minimum absolute atomic E-state index is 0.217. The summed E-state index contributed by atoms with van der Waals surface area (Å²) in [6.45, 7) is 0. The highest BCUT2D eigenvalue weighted by Gasteiger charge is 2.18. The molecule has 1 heterocycles. The number of hydrogen-bond acceptors (Lipinski definition) is 4. The SMILES string of the molecule is N#Cc1ccc(NC(=O)c2ccccc2-c2ncc(-c3ccccc3F)o2)cc1. The van der Waals surface area contributed by atoms with Gasteiger partial charge in [0.15, 0.2) is 5.76 Å². The third-order valence-corrected chi connectivity index (χ3v) is 4.32. The van der Waals surface area contributed by atoms with E-state index in [4.69, 9.17) is 9.68 Å². The lowest BCUT2D eigenvalue weighted by atomic mass is 10.1. The first-order valence-corrected chi connectivity index (χ1v) is 8.77. The van der Waals surface area contributed by atoms with E-state index in [1.807, 2.05) is 6.07 Å². The predicted octanol–water partition coefficient (Wildman–Crippen LogP) is 5.27. The van der Waals surface area contributed by atoms with Crippen molar-refractivity contribution in [1.82, 2.24) is 4.98 Å². The van der Waals surface area contributed by atoms with Gasteiger partial charge in [-0.1, -0.05) is 24.3 Å². The van der Waals surface area contributed by atoms with Crippen LogP contribution in [0.5, 0.6) is 0 Å². The highest BCUT2D eigenvalue weighted by molar-refractivity contribution is 6.08. The summed E-state index contributed by atoms with van der Waals surface area (Å²) in [7, 11) is 0. The lowest BCUT2D eigenvalue weighted by molar-refractivity contribution is 0.102. The summed E-state index contributed by atoms with van der Waals surface area (Å²) in [6, 6.07) is 21.7. The van der Waals surface area contributed by atoms with Crippen molar-refractivity contribution in [2.24, 2.45) is 0 Å². The van der Waals surface area contributed by atoms with Crippen LogP contribution in [0, 0.1) is 17.1 Å². The average Bonchev–Trinajstić information content (AvgIpc) is 3.24. The molecule has 0 aliphatic carbocycles. The number of nitriles is 1. The Labute approximate surface area is 166 Å². The van der Waals surface area contributed by atoms with Gasteiger partial charge in [-0.15, -0.1) is 0 Å². The molecular weight excluding hydrogens is 369 g/mol. The van der Waals surface area contributed by atoms with Crippen LogP contribution in [0.1, 0.15) is 15.9 Å². The lowest BCUT2D eigenvalue weighted by Gasteiger charge is -2.08. The number of hydrogen-bond donors (Lipinski definition) is 1. The van der Waals surface area contributed by atoms with Gasteiger partial charge in [0.05, 0.1) is 29.0 Å². The van der Waals surface area contributed by atoms with Gasteiger partial charge >= 0.3 is 0 Å². The zero-order valence-corrected chi connectivity index (χ0v) is 15.1. The zero-order valence-electron chi connectivity index (χ0n) is 15.1. The quantitative estimate of drug-likeness (QED) is 0.520. The maximum Gasteiger partial charge on any atom is 0.256 e. The first-order valence-electron chi connectivity index (χ1n) is 8.77. The molecule has 1 amide bonds. The van der Waals surface area contributed by atoms with Crippen LogP contribution < -0.4 is 5.32 Å². The molecule has 6 heteroatoms. The topological polar surface area (TPSA) is 78.9 Å². The number of anilines is 1. The summed E-state index contributed by atoms with van der Waals surface area (Å²) < 4.78 is 19.8. The van der Waals surface area contributed by atoms with Gasteiger partial charge in [0.1, 0.15) is 5.82 Å². The molecule has 1 aromatic heterocycles. The lowest BCUT2D eigenvalue weighted by Crippen LogP contribution is -2.13. The molecule has 0 saturated carbocycles. The number of nitrogens with one attached hydrogen (secondary N) is 1. The first kappa shape index (κ1) is 18.1. The minimum atomic E-state index is -0.415. The summed E-state index contributed by atoms with van der Waals surface area (Å²) in [5, 5.41) is 11.7. The van der Waals surface area contributed by atoms with Crippen LogP contribution in [0.3, 0.4) is 0 Å². The van der Waals surface area contributed by atoms with Gasteiger partial charge in [0, 0.05) is 11.3 Å². The number of nitrogens with zero attached hydrogens (tertiary/aromatic N) is 2. The van der Waals surface area contributed by atoms with Crippen molar-refractivity contribution >= 4 is 11.6 Å². The van der Waals surface area contributed by atoms with E-state index in [-0.39, 0.29) is 17.6 Å². The number of rotatable bonds is 4. The van der Waals surface area contributed by atoms with Crippen LogP contribution >= 0.6 is 0 Å². The van der Waals surface area contributed by atoms with E-state index in [0.717, 1.165) is 0 Å². The molecule has 140 valence electrons. The van der Waals surface area contributed by atoms with Crippen molar-refractivity contribution in [2.45, 2.75) is 0 Å². The van der Waals surface area contributed by atoms with E-state index < -0.39 is 5.82 Å². The van der Waals surface area contributed by atoms with E-state index in [0.29, 0.717) is 27.9 Å². The normalized spacial score (nSPS) is 10.3. The Morgan fingerprint density at radius 2 is 1.66 bits per heavy atom. The molecule has 4 rings (SSSR count). The molecule has 0 radical (unpaired) electrons. The van der Waals surface area contributed by atoms with E-state index >= 15 is 0 Å². The third-order valence-electron chi connectivity index (χ3n) is 4.32. The number of carbonyl (C=O) groups is 1. The Bertz CT molecular complexity index is 1220. The molecule has 0 atom stereocenters. The predicted molar refractivity (Wildman–Crippen MR) is 106 cm³/mol.